The SMILES string of the molecule is COCCC/C=C(\C)[C@H](O)[C@@H](OC)C(=O)[C@H](C)[C@@H](O)C[C@@H](CO[Si](c1ccccc1)(c1ccccc1)C(C)(C)C)OC. The molecule has 0 aliphatic heterocycles. The van der Waals surface area contributed by atoms with Crippen LogP contribution in [0.4, 0.5) is 0 Å². The molecule has 0 saturated carbocycles. The monoisotopic (exact) mass is 600 g/mol. The number of ether oxygens (including phenoxy) is 3. The molecule has 0 unspecified atom stereocenters. The predicted octanol–water partition coefficient (Wildman–Crippen LogP) is 4.28. The molecule has 0 saturated heterocycles. The molecule has 8 heteroatoms. The number of Topliss-reactive ketones (excluding diaryl/α,β-unsaturated/α-hetero) is 1. The van der Waals surface area contributed by atoms with Crippen LogP contribution in [0.2, 0.25) is 5.04 Å². The summed E-state index contributed by atoms with van der Waals surface area (Å²) in [6.45, 7) is 10.9. The first-order valence-electron chi connectivity index (χ1n) is 14.8. The van der Waals surface area contributed by atoms with E-state index in [-0.39, 0.29) is 23.8 Å². The Morgan fingerprint density at radius 1 is 0.929 bits per heavy atom. The van der Waals surface area contributed by atoms with E-state index in [1.165, 1.54) is 7.11 Å². The summed E-state index contributed by atoms with van der Waals surface area (Å²) < 4.78 is 23.3. The molecule has 0 spiro atoms. The number of methoxy groups -OCH3 is 3. The van der Waals surface area contributed by atoms with E-state index in [1.807, 2.05) is 42.5 Å². The highest BCUT2D eigenvalue weighted by Gasteiger charge is 2.50. The third-order valence-corrected chi connectivity index (χ3v) is 13.1. The second-order valence-corrected chi connectivity index (χ2v) is 16.3. The highest BCUT2D eigenvalue weighted by atomic mass is 28.4. The normalized spacial score (nSPS) is 16.5. The predicted molar refractivity (Wildman–Crippen MR) is 171 cm³/mol. The number of carbonyl (C=O) groups is 1. The van der Waals surface area contributed by atoms with Gasteiger partial charge in [0.05, 0.1) is 18.8 Å². The average Bonchev–Trinajstić information content (AvgIpc) is 2.98. The van der Waals surface area contributed by atoms with Gasteiger partial charge in [0.15, 0.2) is 5.78 Å². The second-order valence-electron chi connectivity index (χ2n) is 12.0. The van der Waals surface area contributed by atoms with Crippen molar-refractivity contribution in [3.8, 4) is 0 Å². The third-order valence-electron chi connectivity index (χ3n) is 8.07. The van der Waals surface area contributed by atoms with E-state index in [9.17, 15) is 15.0 Å². The van der Waals surface area contributed by atoms with E-state index < -0.39 is 38.7 Å². The summed E-state index contributed by atoms with van der Waals surface area (Å²) in [5.41, 5.74) is 0.654. The highest BCUT2D eigenvalue weighted by Crippen LogP contribution is 2.37. The Morgan fingerprint density at radius 2 is 1.48 bits per heavy atom. The number of carbonyl (C=O) groups excluding carboxylic acids is 1. The fraction of sp³-hybridized carbons (Fsp3) is 0.559. The highest BCUT2D eigenvalue weighted by molar-refractivity contribution is 6.99. The van der Waals surface area contributed by atoms with Crippen LogP contribution in [0, 0.1) is 5.92 Å². The Labute approximate surface area is 254 Å². The molecule has 0 aliphatic rings. The van der Waals surface area contributed by atoms with Crippen molar-refractivity contribution in [3.63, 3.8) is 0 Å². The molecule has 42 heavy (non-hydrogen) atoms. The molecule has 0 aliphatic carbocycles. The summed E-state index contributed by atoms with van der Waals surface area (Å²) in [6, 6.07) is 20.7. The van der Waals surface area contributed by atoms with E-state index >= 15 is 0 Å². The van der Waals surface area contributed by atoms with Gasteiger partial charge in [0, 0.05) is 40.3 Å². The molecule has 0 bridgehead atoms. The van der Waals surface area contributed by atoms with Crippen molar-refractivity contribution in [1.29, 1.82) is 0 Å². The maximum Gasteiger partial charge on any atom is 0.261 e. The average molecular weight is 601 g/mol. The minimum Gasteiger partial charge on any atom is -0.405 e. The summed E-state index contributed by atoms with van der Waals surface area (Å²) in [6.07, 6.45) is -0.0196. The molecule has 2 N–H and O–H groups in total. The van der Waals surface area contributed by atoms with Crippen molar-refractivity contribution >= 4 is 24.5 Å². The number of hydrogen-bond acceptors (Lipinski definition) is 7. The van der Waals surface area contributed by atoms with E-state index in [2.05, 4.69) is 45.0 Å². The first-order chi connectivity index (χ1) is 19.9. The summed E-state index contributed by atoms with van der Waals surface area (Å²) in [5, 5.41) is 24.1. The van der Waals surface area contributed by atoms with Crippen LogP contribution in [0.15, 0.2) is 72.3 Å². The summed E-state index contributed by atoms with van der Waals surface area (Å²) >= 11 is 0. The van der Waals surface area contributed by atoms with Gasteiger partial charge < -0.3 is 28.8 Å². The Kier molecular flexibility index (Phi) is 14.8. The Hall–Kier alpha value is -2.17. The summed E-state index contributed by atoms with van der Waals surface area (Å²) in [7, 11) is 1.85. The Bertz CT molecular complexity index is 1040. The molecule has 234 valence electrons. The molecule has 2 aromatic rings. The zero-order chi connectivity index (χ0) is 31.3. The first kappa shape index (κ1) is 36.0. The van der Waals surface area contributed by atoms with E-state index in [4.69, 9.17) is 18.6 Å². The van der Waals surface area contributed by atoms with Crippen molar-refractivity contribution in [1.82, 2.24) is 0 Å². The number of aliphatic hydroxyl groups excluding tert-OH is 2. The number of ketones is 1. The van der Waals surface area contributed by atoms with Crippen LogP contribution in [0.3, 0.4) is 0 Å². The molecular weight excluding hydrogens is 548 g/mol. The van der Waals surface area contributed by atoms with Crippen LogP contribution in [0.5, 0.6) is 0 Å². The lowest BCUT2D eigenvalue weighted by Gasteiger charge is -2.43. The van der Waals surface area contributed by atoms with Crippen molar-refractivity contribution in [2.24, 2.45) is 5.92 Å². The minimum atomic E-state index is -2.79. The molecular formula is C34H52O7Si. The van der Waals surface area contributed by atoms with Gasteiger partial charge in [0.2, 0.25) is 0 Å². The zero-order valence-electron chi connectivity index (χ0n) is 26.7. The Balaban J connectivity index is 2.21. The number of rotatable bonds is 18. The quantitative estimate of drug-likeness (QED) is 0.150. The first-order valence-corrected chi connectivity index (χ1v) is 16.7. The van der Waals surface area contributed by atoms with E-state index in [0.717, 1.165) is 23.2 Å². The van der Waals surface area contributed by atoms with Crippen LogP contribution in [-0.4, -0.2) is 83.3 Å². The molecule has 0 aromatic heterocycles. The Morgan fingerprint density at radius 3 is 1.93 bits per heavy atom. The van der Waals surface area contributed by atoms with Crippen molar-refractivity contribution < 1.29 is 33.6 Å². The number of hydrogen-bond donors (Lipinski definition) is 2. The van der Waals surface area contributed by atoms with Crippen molar-refractivity contribution in [3.05, 3.63) is 72.3 Å². The lowest BCUT2D eigenvalue weighted by molar-refractivity contribution is -0.142. The van der Waals surface area contributed by atoms with Crippen LogP contribution in [0.25, 0.3) is 0 Å². The van der Waals surface area contributed by atoms with Gasteiger partial charge in [0.25, 0.3) is 8.32 Å². The topological polar surface area (TPSA) is 94.5 Å². The maximum absolute atomic E-state index is 13.4. The molecule has 0 amide bonds. The van der Waals surface area contributed by atoms with E-state index in [0.29, 0.717) is 12.2 Å². The van der Waals surface area contributed by atoms with Gasteiger partial charge in [-0.3, -0.25) is 4.79 Å². The van der Waals surface area contributed by atoms with Crippen molar-refractivity contribution in [2.45, 2.75) is 83.3 Å². The maximum atomic E-state index is 13.4. The van der Waals surface area contributed by atoms with Gasteiger partial charge in [-0.1, -0.05) is 94.4 Å². The van der Waals surface area contributed by atoms with Crippen LogP contribution in [-0.2, 0) is 23.4 Å². The van der Waals surface area contributed by atoms with E-state index in [1.54, 1.807) is 28.1 Å². The zero-order valence-corrected chi connectivity index (χ0v) is 27.7. The molecule has 2 rings (SSSR count). The van der Waals surface area contributed by atoms with Gasteiger partial charge in [-0.2, -0.15) is 0 Å². The van der Waals surface area contributed by atoms with Gasteiger partial charge in [-0.25, -0.2) is 0 Å². The fourth-order valence-corrected chi connectivity index (χ4v) is 10.0. The number of unbranched alkanes of at least 4 members (excludes halogenated alkanes) is 1. The van der Waals surface area contributed by atoms with Gasteiger partial charge in [0.1, 0.15) is 12.2 Å². The van der Waals surface area contributed by atoms with Gasteiger partial charge in [-0.05, 0) is 40.8 Å². The minimum absolute atomic E-state index is 0.194. The summed E-state index contributed by atoms with van der Waals surface area (Å²) in [4.78, 5) is 13.4. The molecule has 0 heterocycles. The number of allylic oxidation sites excluding steroid dienone is 1. The van der Waals surface area contributed by atoms with Crippen LogP contribution < -0.4 is 10.4 Å². The number of aliphatic hydroxyl groups is 2. The lowest BCUT2D eigenvalue weighted by Crippen LogP contribution is -2.67. The van der Waals surface area contributed by atoms with Gasteiger partial charge >= 0.3 is 0 Å². The summed E-state index contributed by atoms with van der Waals surface area (Å²) in [5.74, 6) is -1.14. The van der Waals surface area contributed by atoms with Gasteiger partial charge in [-0.15, -0.1) is 0 Å². The molecule has 0 radical (unpaired) electrons. The molecule has 0 fully saturated rings. The van der Waals surface area contributed by atoms with Crippen molar-refractivity contribution in [2.75, 3.05) is 34.5 Å². The molecule has 7 nitrogen and oxygen atoms in total. The largest absolute Gasteiger partial charge is 0.405 e. The lowest BCUT2D eigenvalue weighted by atomic mass is 9.88. The smallest absolute Gasteiger partial charge is 0.261 e. The molecule has 5 atom stereocenters. The number of benzene rings is 2. The van der Waals surface area contributed by atoms with Crippen LogP contribution in [0.1, 0.15) is 53.9 Å². The fourth-order valence-electron chi connectivity index (χ4n) is 5.45. The second kappa shape index (κ2) is 17.2. The molecule has 2 aromatic carbocycles. The van der Waals surface area contributed by atoms with Crippen LogP contribution >= 0.6 is 0 Å². The third kappa shape index (κ3) is 9.16. The standard InChI is InChI=1S/C34H52O7Si/c1-25(17-15-16-22-38-6)31(36)33(40-8)32(37)26(2)30(35)23-27(39-7)24-41-42(34(3,4)5,28-18-11-9-12-19-28)29-20-13-10-14-21-29/h9-14,17-21,26-27,30-31,33,35-36H,15-16,22-24H2,1-8H3/b25-17+/t26-,27+,30+,31+,33-/m1/s1.